The third-order valence-corrected chi connectivity index (χ3v) is 2.60. The summed E-state index contributed by atoms with van der Waals surface area (Å²) in [7, 11) is 0. The highest BCUT2D eigenvalue weighted by atomic mass is 16.5. The minimum Gasteiger partial charge on any atom is -0.377 e. The molecule has 0 aromatic heterocycles. The van der Waals surface area contributed by atoms with E-state index < -0.39 is 6.04 Å². The maximum Gasteiger partial charge on any atom is 0.318 e. The first-order chi connectivity index (χ1) is 8.70. The average Bonchev–Trinajstić information content (AvgIpc) is 2.25. The molecule has 0 saturated carbocycles. The largest absolute Gasteiger partial charge is 0.377 e. The van der Waals surface area contributed by atoms with Crippen molar-refractivity contribution in [2.24, 2.45) is 0 Å². The molecule has 0 aromatic rings. The molecular weight excluding hydrogens is 246 g/mol. The van der Waals surface area contributed by atoms with Gasteiger partial charge in [-0.2, -0.15) is 0 Å². The molecule has 1 atom stereocenters. The van der Waals surface area contributed by atoms with E-state index in [1.165, 1.54) is 0 Å². The smallest absolute Gasteiger partial charge is 0.318 e. The van der Waals surface area contributed by atoms with Crippen LogP contribution < -0.4 is 10.6 Å². The second-order valence-electron chi connectivity index (χ2n) is 6.13. The molecule has 2 N–H and O–H groups in total. The molecule has 1 aliphatic rings. The SMILES string of the molecule is CC(C)NC(=O)C1COCCN1C(=O)NC(C)(C)C. The molecule has 0 bridgehead atoms. The van der Waals surface area contributed by atoms with Gasteiger partial charge in [0.15, 0.2) is 0 Å². The molecule has 1 unspecified atom stereocenters. The molecule has 1 fully saturated rings. The van der Waals surface area contributed by atoms with Gasteiger partial charge >= 0.3 is 6.03 Å². The lowest BCUT2D eigenvalue weighted by atomic mass is 10.1. The molecule has 1 saturated heterocycles. The highest BCUT2D eigenvalue weighted by molar-refractivity contribution is 5.87. The number of hydrogen-bond donors (Lipinski definition) is 2. The lowest BCUT2D eigenvalue weighted by Crippen LogP contribution is -2.60. The number of nitrogens with one attached hydrogen (secondary N) is 2. The molecule has 1 rings (SSSR count). The zero-order chi connectivity index (χ0) is 14.6. The average molecular weight is 271 g/mol. The summed E-state index contributed by atoms with van der Waals surface area (Å²) in [5.74, 6) is -0.168. The quantitative estimate of drug-likeness (QED) is 0.777. The van der Waals surface area contributed by atoms with Gasteiger partial charge in [0, 0.05) is 18.1 Å². The highest BCUT2D eigenvalue weighted by Crippen LogP contribution is 2.10. The van der Waals surface area contributed by atoms with Crippen molar-refractivity contribution in [1.82, 2.24) is 15.5 Å². The van der Waals surface area contributed by atoms with E-state index in [0.717, 1.165) is 0 Å². The Labute approximate surface area is 114 Å². The Kier molecular flexibility index (Phi) is 5.17. The van der Waals surface area contributed by atoms with Crippen LogP contribution in [-0.2, 0) is 9.53 Å². The molecule has 0 radical (unpaired) electrons. The second-order valence-corrected chi connectivity index (χ2v) is 6.13. The molecule has 1 aliphatic heterocycles. The fraction of sp³-hybridized carbons (Fsp3) is 0.846. The van der Waals surface area contributed by atoms with Crippen molar-refractivity contribution in [3.8, 4) is 0 Å². The number of nitrogens with zero attached hydrogens (tertiary/aromatic N) is 1. The van der Waals surface area contributed by atoms with Crippen LogP contribution in [0.4, 0.5) is 4.79 Å². The zero-order valence-electron chi connectivity index (χ0n) is 12.4. The summed E-state index contributed by atoms with van der Waals surface area (Å²) in [6, 6.07) is -0.736. The summed E-state index contributed by atoms with van der Waals surface area (Å²) in [5, 5.41) is 5.70. The van der Waals surface area contributed by atoms with Crippen LogP contribution in [0.1, 0.15) is 34.6 Å². The molecule has 3 amide bonds. The zero-order valence-corrected chi connectivity index (χ0v) is 12.4. The second kappa shape index (κ2) is 6.23. The first-order valence-electron chi connectivity index (χ1n) is 6.67. The van der Waals surface area contributed by atoms with Gasteiger partial charge < -0.3 is 20.3 Å². The predicted octanol–water partition coefficient (Wildman–Crippen LogP) is 0.720. The molecule has 6 nitrogen and oxygen atoms in total. The molecule has 19 heavy (non-hydrogen) atoms. The van der Waals surface area contributed by atoms with Gasteiger partial charge in [0.25, 0.3) is 0 Å². The lowest BCUT2D eigenvalue weighted by Gasteiger charge is -2.36. The van der Waals surface area contributed by atoms with Gasteiger partial charge in [0.2, 0.25) is 5.91 Å². The summed E-state index contributed by atoms with van der Waals surface area (Å²) in [4.78, 5) is 25.8. The molecule has 110 valence electrons. The van der Waals surface area contributed by atoms with Crippen LogP contribution >= 0.6 is 0 Å². The van der Waals surface area contributed by atoms with Crippen LogP contribution in [0.5, 0.6) is 0 Å². The van der Waals surface area contributed by atoms with E-state index >= 15 is 0 Å². The van der Waals surface area contributed by atoms with Crippen molar-refractivity contribution in [2.45, 2.75) is 52.2 Å². The Bertz CT molecular complexity index is 337. The number of carbonyl (C=O) groups is 2. The maximum atomic E-state index is 12.2. The van der Waals surface area contributed by atoms with Crippen LogP contribution in [0.25, 0.3) is 0 Å². The first kappa shape index (κ1) is 15.8. The fourth-order valence-corrected chi connectivity index (χ4v) is 1.84. The number of amides is 3. The maximum absolute atomic E-state index is 12.2. The van der Waals surface area contributed by atoms with Crippen LogP contribution in [0.15, 0.2) is 0 Å². The lowest BCUT2D eigenvalue weighted by molar-refractivity contribution is -0.131. The third-order valence-electron chi connectivity index (χ3n) is 2.60. The predicted molar refractivity (Wildman–Crippen MR) is 72.9 cm³/mol. The van der Waals surface area contributed by atoms with Gasteiger partial charge in [-0.05, 0) is 34.6 Å². The number of rotatable bonds is 2. The molecular formula is C13H25N3O3. The van der Waals surface area contributed by atoms with Crippen LogP contribution in [0, 0.1) is 0 Å². The topological polar surface area (TPSA) is 70.7 Å². The van der Waals surface area contributed by atoms with Gasteiger partial charge in [0.1, 0.15) is 6.04 Å². The van der Waals surface area contributed by atoms with E-state index in [0.29, 0.717) is 13.2 Å². The van der Waals surface area contributed by atoms with Gasteiger partial charge in [-0.15, -0.1) is 0 Å². The van der Waals surface area contributed by atoms with E-state index in [4.69, 9.17) is 4.74 Å². The van der Waals surface area contributed by atoms with Crippen molar-refractivity contribution in [1.29, 1.82) is 0 Å². The third kappa shape index (κ3) is 5.06. The number of morpholine rings is 1. The van der Waals surface area contributed by atoms with Gasteiger partial charge in [0.05, 0.1) is 13.2 Å². The molecule has 0 aromatic carbocycles. The summed E-state index contributed by atoms with van der Waals surface area (Å²) in [6.07, 6.45) is 0. The number of carbonyl (C=O) groups excluding carboxylic acids is 2. The van der Waals surface area contributed by atoms with Crippen molar-refractivity contribution < 1.29 is 14.3 Å². The molecule has 0 spiro atoms. The van der Waals surface area contributed by atoms with E-state index in [-0.39, 0.29) is 30.1 Å². The summed E-state index contributed by atoms with van der Waals surface area (Å²) in [5.41, 5.74) is -0.325. The fourth-order valence-electron chi connectivity index (χ4n) is 1.84. The Morgan fingerprint density at radius 1 is 1.32 bits per heavy atom. The minimum atomic E-state index is -0.557. The van der Waals surface area contributed by atoms with Crippen molar-refractivity contribution in [3.05, 3.63) is 0 Å². The number of urea groups is 1. The number of ether oxygens (including phenoxy) is 1. The Balaban J connectivity index is 2.72. The van der Waals surface area contributed by atoms with Crippen molar-refractivity contribution in [3.63, 3.8) is 0 Å². The van der Waals surface area contributed by atoms with Gasteiger partial charge in [-0.1, -0.05) is 0 Å². The monoisotopic (exact) mass is 271 g/mol. The van der Waals surface area contributed by atoms with Crippen LogP contribution in [-0.4, -0.2) is 54.2 Å². The highest BCUT2D eigenvalue weighted by Gasteiger charge is 2.34. The van der Waals surface area contributed by atoms with Gasteiger partial charge in [-0.3, -0.25) is 4.79 Å². The standard InChI is InChI=1S/C13H25N3O3/c1-9(2)14-11(17)10-8-19-7-6-16(10)12(18)15-13(3,4)5/h9-10H,6-8H2,1-5H3,(H,14,17)(H,15,18). The number of hydrogen-bond acceptors (Lipinski definition) is 3. The molecule has 0 aliphatic carbocycles. The van der Waals surface area contributed by atoms with E-state index in [2.05, 4.69) is 10.6 Å². The summed E-state index contributed by atoms with van der Waals surface area (Å²) < 4.78 is 5.31. The Morgan fingerprint density at radius 2 is 1.95 bits per heavy atom. The Hall–Kier alpha value is -1.30. The van der Waals surface area contributed by atoms with Gasteiger partial charge in [-0.25, -0.2) is 4.79 Å². The van der Waals surface area contributed by atoms with Crippen molar-refractivity contribution >= 4 is 11.9 Å². The van der Waals surface area contributed by atoms with Crippen LogP contribution in [0.3, 0.4) is 0 Å². The summed E-state index contributed by atoms with van der Waals surface area (Å²) >= 11 is 0. The summed E-state index contributed by atoms with van der Waals surface area (Å²) in [6.45, 7) is 10.6. The molecule has 6 heteroatoms. The van der Waals surface area contributed by atoms with Crippen molar-refractivity contribution in [2.75, 3.05) is 19.8 Å². The minimum absolute atomic E-state index is 0.0435. The normalized spacial score (nSPS) is 20.3. The van der Waals surface area contributed by atoms with E-state index in [9.17, 15) is 9.59 Å². The van der Waals surface area contributed by atoms with E-state index in [1.54, 1.807) is 4.90 Å². The Morgan fingerprint density at radius 3 is 2.47 bits per heavy atom. The molecule has 1 heterocycles. The first-order valence-corrected chi connectivity index (χ1v) is 6.67. The van der Waals surface area contributed by atoms with Crippen LogP contribution in [0.2, 0.25) is 0 Å². The van der Waals surface area contributed by atoms with E-state index in [1.807, 2.05) is 34.6 Å².